The van der Waals surface area contributed by atoms with Crippen LogP contribution in [0.25, 0.3) is 0 Å². The van der Waals surface area contributed by atoms with Gasteiger partial charge in [-0.3, -0.25) is 9.59 Å². The quantitative estimate of drug-likeness (QED) is 0.782. The van der Waals surface area contributed by atoms with Gasteiger partial charge in [0, 0.05) is 48.8 Å². The number of hydrogen-bond donors (Lipinski definition) is 1. The first-order valence-electron chi connectivity index (χ1n) is 10.7. The molecule has 9 heteroatoms. The summed E-state index contributed by atoms with van der Waals surface area (Å²) in [5.41, 5.74) is 0. The lowest BCUT2D eigenvalue weighted by atomic mass is 9.79. The Kier molecular flexibility index (Phi) is 4.58. The molecule has 4 fully saturated rings. The molecule has 7 nitrogen and oxygen atoms in total. The maximum absolute atomic E-state index is 13.4. The fourth-order valence-corrected chi connectivity index (χ4v) is 5.62. The van der Waals surface area contributed by atoms with Crippen LogP contribution in [0, 0.1) is 23.7 Å². The molecule has 3 saturated carbocycles. The second kappa shape index (κ2) is 7.02. The number of alkyl halides is 2. The average Bonchev–Trinajstić information content (AvgIpc) is 3.26. The number of carbonyl (C=O) groups excluding carboxylic acids is 2. The molecule has 0 aromatic carbocycles. The van der Waals surface area contributed by atoms with E-state index < -0.39 is 17.8 Å². The van der Waals surface area contributed by atoms with Gasteiger partial charge in [-0.25, -0.2) is 8.78 Å². The van der Waals surface area contributed by atoms with E-state index in [1.165, 1.54) is 0 Å². The van der Waals surface area contributed by atoms with Gasteiger partial charge >= 0.3 is 0 Å². The molecule has 0 radical (unpaired) electrons. The average molecular weight is 407 g/mol. The van der Waals surface area contributed by atoms with Crippen LogP contribution in [0.1, 0.15) is 51.0 Å². The van der Waals surface area contributed by atoms with Gasteiger partial charge in [0.05, 0.1) is 0 Å². The molecule has 1 aromatic rings. The fraction of sp³-hybridized carbons (Fsp3) is 0.800. The lowest BCUT2D eigenvalue weighted by Crippen LogP contribution is -2.43. The third-order valence-electron chi connectivity index (χ3n) is 7.57. The molecule has 3 aliphatic carbocycles. The van der Waals surface area contributed by atoms with Crippen molar-refractivity contribution in [3.63, 3.8) is 0 Å². The summed E-state index contributed by atoms with van der Waals surface area (Å²) in [6.45, 7) is 1.26. The second-order valence-corrected chi connectivity index (χ2v) is 9.19. The molecule has 5 rings (SSSR count). The van der Waals surface area contributed by atoms with Gasteiger partial charge in [-0.1, -0.05) is 0 Å². The highest BCUT2D eigenvalue weighted by molar-refractivity contribution is 5.80. The fourth-order valence-electron chi connectivity index (χ4n) is 5.62. The Balaban J connectivity index is 1.05. The maximum Gasteiger partial charge on any atom is 0.254 e. The van der Waals surface area contributed by atoms with Gasteiger partial charge in [0.1, 0.15) is 12.7 Å². The Bertz CT molecular complexity index is 766. The standard InChI is InChI=1S/C20H27F2N5O2/c21-20(22)16-8-13(9-17(16)20)19(29)27-5-1-2-14(27)3-4-23-18(28)12-6-15(7-12)26-10-24-25-11-26/h10-17H,1-9H2,(H,23,28)/t12?,13?,14-,15?,16-,17+/m1/s1. The summed E-state index contributed by atoms with van der Waals surface area (Å²) in [5.74, 6) is -3.75. The third kappa shape index (κ3) is 3.32. The van der Waals surface area contributed by atoms with E-state index >= 15 is 0 Å². The van der Waals surface area contributed by atoms with Crippen LogP contribution >= 0.6 is 0 Å². The normalized spacial score (nSPS) is 37.1. The Morgan fingerprint density at radius 2 is 1.76 bits per heavy atom. The molecule has 0 spiro atoms. The van der Waals surface area contributed by atoms with Gasteiger partial charge in [-0.15, -0.1) is 10.2 Å². The summed E-state index contributed by atoms with van der Waals surface area (Å²) in [5, 5.41) is 10.6. The first-order chi connectivity index (χ1) is 13.9. The van der Waals surface area contributed by atoms with Crippen LogP contribution in [0.15, 0.2) is 12.7 Å². The molecule has 1 aliphatic heterocycles. The predicted octanol–water partition coefficient (Wildman–Crippen LogP) is 2.02. The van der Waals surface area contributed by atoms with E-state index in [2.05, 4.69) is 15.5 Å². The van der Waals surface area contributed by atoms with Crippen molar-refractivity contribution in [2.75, 3.05) is 13.1 Å². The van der Waals surface area contributed by atoms with Gasteiger partial charge in [-0.2, -0.15) is 0 Å². The maximum atomic E-state index is 13.4. The molecule has 4 aliphatic rings. The zero-order valence-corrected chi connectivity index (χ0v) is 16.3. The van der Waals surface area contributed by atoms with Crippen molar-refractivity contribution in [2.45, 2.75) is 63.0 Å². The van der Waals surface area contributed by atoms with Crippen molar-refractivity contribution in [1.29, 1.82) is 0 Å². The van der Waals surface area contributed by atoms with Crippen LogP contribution in [0.4, 0.5) is 8.78 Å². The van der Waals surface area contributed by atoms with E-state index in [-0.39, 0.29) is 29.7 Å². The van der Waals surface area contributed by atoms with E-state index in [4.69, 9.17) is 0 Å². The second-order valence-electron chi connectivity index (χ2n) is 9.19. The van der Waals surface area contributed by atoms with Gasteiger partial charge in [-0.05, 0) is 44.9 Å². The van der Waals surface area contributed by atoms with Crippen molar-refractivity contribution in [1.82, 2.24) is 25.0 Å². The monoisotopic (exact) mass is 407 g/mol. The van der Waals surface area contributed by atoms with Gasteiger partial charge in [0.25, 0.3) is 5.92 Å². The minimum Gasteiger partial charge on any atom is -0.356 e. The Hall–Kier alpha value is -2.06. The molecule has 4 atom stereocenters. The molecule has 1 saturated heterocycles. The zero-order valence-electron chi connectivity index (χ0n) is 16.3. The van der Waals surface area contributed by atoms with Crippen LogP contribution in [0.3, 0.4) is 0 Å². The summed E-state index contributed by atoms with van der Waals surface area (Å²) in [6, 6.07) is 0.417. The van der Waals surface area contributed by atoms with E-state index in [0.717, 1.165) is 32.1 Å². The summed E-state index contributed by atoms with van der Waals surface area (Å²) in [7, 11) is 0. The summed E-state index contributed by atoms with van der Waals surface area (Å²) in [6.07, 6.45) is 8.24. The predicted molar refractivity (Wildman–Crippen MR) is 98.8 cm³/mol. The highest BCUT2D eigenvalue weighted by Crippen LogP contribution is 2.65. The molecule has 1 aromatic heterocycles. The lowest BCUT2D eigenvalue weighted by molar-refractivity contribution is -0.137. The van der Waals surface area contributed by atoms with Gasteiger partial charge < -0.3 is 14.8 Å². The number of amides is 2. The number of nitrogens with zero attached hydrogens (tertiary/aromatic N) is 4. The first-order valence-corrected chi connectivity index (χ1v) is 10.7. The number of fused-ring (bicyclic) bond motifs is 1. The van der Waals surface area contributed by atoms with E-state index in [1.54, 1.807) is 12.7 Å². The number of aromatic nitrogens is 3. The molecule has 2 amide bonds. The van der Waals surface area contributed by atoms with E-state index in [1.807, 2.05) is 9.47 Å². The van der Waals surface area contributed by atoms with Crippen molar-refractivity contribution in [3.05, 3.63) is 12.7 Å². The molecule has 29 heavy (non-hydrogen) atoms. The minimum atomic E-state index is -2.53. The molecule has 1 unspecified atom stereocenters. The molecular weight excluding hydrogens is 380 g/mol. The molecule has 1 N–H and O–H groups in total. The largest absolute Gasteiger partial charge is 0.356 e. The SMILES string of the molecule is O=C(NCC[C@H]1CCCN1C(=O)C1C[C@@H]2[C@H](C1)C2(F)F)C1CC(n2cnnc2)C1. The van der Waals surface area contributed by atoms with Crippen LogP contribution in [0.2, 0.25) is 0 Å². The molecule has 158 valence electrons. The third-order valence-corrected chi connectivity index (χ3v) is 7.57. The number of nitrogens with one attached hydrogen (secondary N) is 1. The number of halogens is 2. The van der Waals surface area contributed by atoms with Crippen molar-refractivity contribution < 1.29 is 18.4 Å². The smallest absolute Gasteiger partial charge is 0.254 e. The zero-order chi connectivity index (χ0) is 20.2. The number of rotatable bonds is 6. The Morgan fingerprint density at radius 3 is 2.45 bits per heavy atom. The first kappa shape index (κ1) is 18.9. The van der Waals surface area contributed by atoms with Crippen LogP contribution in [-0.4, -0.2) is 56.5 Å². The number of hydrogen-bond acceptors (Lipinski definition) is 4. The highest BCUT2D eigenvalue weighted by Gasteiger charge is 2.72. The molecular formula is C20H27F2N5O2. The highest BCUT2D eigenvalue weighted by atomic mass is 19.3. The van der Waals surface area contributed by atoms with E-state index in [0.29, 0.717) is 32.0 Å². The van der Waals surface area contributed by atoms with E-state index in [9.17, 15) is 18.4 Å². The van der Waals surface area contributed by atoms with Crippen molar-refractivity contribution in [2.24, 2.45) is 23.7 Å². The topological polar surface area (TPSA) is 80.1 Å². The molecule has 2 heterocycles. The Labute approximate surface area is 168 Å². The summed E-state index contributed by atoms with van der Waals surface area (Å²) in [4.78, 5) is 27.1. The number of likely N-dealkylation sites (tertiary alicyclic amines) is 1. The lowest BCUT2D eigenvalue weighted by Gasteiger charge is -2.34. The van der Waals surface area contributed by atoms with Gasteiger partial charge in [0.2, 0.25) is 11.8 Å². The van der Waals surface area contributed by atoms with Crippen molar-refractivity contribution >= 4 is 11.8 Å². The summed E-state index contributed by atoms with van der Waals surface area (Å²) < 4.78 is 28.7. The van der Waals surface area contributed by atoms with Crippen LogP contribution in [-0.2, 0) is 9.59 Å². The number of carbonyl (C=O) groups is 2. The van der Waals surface area contributed by atoms with Crippen molar-refractivity contribution in [3.8, 4) is 0 Å². The minimum absolute atomic E-state index is 0.0237. The molecule has 0 bridgehead atoms. The Morgan fingerprint density at radius 1 is 1.07 bits per heavy atom. The van der Waals surface area contributed by atoms with Crippen LogP contribution in [0.5, 0.6) is 0 Å². The van der Waals surface area contributed by atoms with Crippen LogP contribution < -0.4 is 5.32 Å². The summed E-state index contributed by atoms with van der Waals surface area (Å²) >= 11 is 0. The van der Waals surface area contributed by atoms with Gasteiger partial charge in [0.15, 0.2) is 0 Å².